The molecule has 1 aliphatic rings. The molecule has 6 heteroatoms. The van der Waals surface area contributed by atoms with E-state index in [2.05, 4.69) is 5.32 Å². The topological polar surface area (TPSA) is 49.4 Å². The number of halogens is 1. The van der Waals surface area contributed by atoms with Crippen LogP contribution in [0.25, 0.3) is 0 Å². The summed E-state index contributed by atoms with van der Waals surface area (Å²) in [6.45, 7) is 3.05. The van der Waals surface area contributed by atoms with Crippen molar-refractivity contribution in [2.24, 2.45) is 0 Å². The molecule has 1 saturated heterocycles. The second-order valence-electron chi connectivity index (χ2n) is 4.58. The fourth-order valence-corrected chi connectivity index (χ4v) is 3.56. The molecular formula is C12H17FN2O2S. The smallest absolute Gasteiger partial charge is 0.243 e. The Morgan fingerprint density at radius 3 is 2.72 bits per heavy atom. The van der Waals surface area contributed by atoms with Gasteiger partial charge in [-0.3, -0.25) is 0 Å². The summed E-state index contributed by atoms with van der Waals surface area (Å²) in [6.07, 6.45) is 0.801. The van der Waals surface area contributed by atoms with Gasteiger partial charge in [-0.1, -0.05) is 0 Å². The highest BCUT2D eigenvalue weighted by Gasteiger charge is 2.30. The zero-order valence-corrected chi connectivity index (χ0v) is 11.3. The summed E-state index contributed by atoms with van der Waals surface area (Å²) in [5.74, 6) is -0.390. The SMILES string of the molecule is Cc1cc(S(=O)(=O)N(C)C2CCNC2)ccc1F. The summed E-state index contributed by atoms with van der Waals surface area (Å²) in [6, 6.07) is 3.86. The van der Waals surface area contributed by atoms with Gasteiger partial charge in [-0.05, 0) is 43.7 Å². The molecule has 0 aliphatic carbocycles. The van der Waals surface area contributed by atoms with Crippen LogP contribution in [0.3, 0.4) is 0 Å². The molecule has 1 heterocycles. The van der Waals surface area contributed by atoms with Crippen molar-refractivity contribution in [2.45, 2.75) is 24.3 Å². The Morgan fingerprint density at radius 2 is 2.17 bits per heavy atom. The monoisotopic (exact) mass is 272 g/mol. The number of hydrogen-bond acceptors (Lipinski definition) is 3. The molecule has 1 fully saturated rings. The highest BCUT2D eigenvalue weighted by molar-refractivity contribution is 7.89. The molecule has 1 atom stereocenters. The molecule has 0 saturated carbocycles. The maximum atomic E-state index is 13.2. The molecule has 4 nitrogen and oxygen atoms in total. The number of aryl methyl sites for hydroxylation is 1. The number of hydrogen-bond donors (Lipinski definition) is 1. The summed E-state index contributed by atoms with van der Waals surface area (Å²) in [7, 11) is -1.96. The molecule has 2 rings (SSSR count). The lowest BCUT2D eigenvalue weighted by molar-refractivity contribution is 0.387. The lowest BCUT2D eigenvalue weighted by Gasteiger charge is -2.23. The third-order valence-electron chi connectivity index (χ3n) is 3.35. The van der Waals surface area contributed by atoms with Crippen LogP contribution in [0.5, 0.6) is 0 Å². The van der Waals surface area contributed by atoms with Crippen LogP contribution in [0.2, 0.25) is 0 Å². The van der Waals surface area contributed by atoms with E-state index in [-0.39, 0.29) is 16.8 Å². The van der Waals surface area contributed by atoms with E-state index >= 15 is 0 Å². The standard InChI is InChI=1S/C12H17FN2O2S/c1-9-7-11(3-4-12(9)13)18(16,17)15(2)10-5-6-14-8-10/h3-4,7,10,14H,5-6,8H2,1-2H3. The Hall–Kier alpha value is -0.980. The van der Waals surface area contributed by atoms with Crippen molar-refractivity contribution >= 4 is 10.0 Å². The van der Waals surface area contributed by atoms with Gasteiger partial charge in [0.1, 0.15) is 5.82 Å². The van der Waals surface area contributed by atoms with Gasteiger partial charge < -0.3 is 5.32 Å². The molecule has 1 N–H and O–H groups in total. The van der Waals surface area contributed by atoms with Gasteiger partial charge >= 0.3 is 0 Å². The molecule has 1 aromatic carbocycles. The number of likely N-dealkylation sites (N-methyl/N-ethyl adjacent to an activating group) is 1. The molecule has 0 amide bonds. The second kappa shape index (κ2) is 4.95. The largest absolute Gasteiger partial charge is 0.315 e. The van der Waals surface area contributed by atoms with Gasteiger partial charge in [0.25, 0.3) is 0 Å². The van der Waals surface area contributed by atoms with Crippen molar-refractivity contribution in [3.8, 4) is 0 Å². The lowest BCUT2D eigenvalue weighted by atomic mass is 10.2. The van der Waals surface area contributed by atoms with Crippen LogP contribution < -0.4 is 5.32 Å². The van der Waals surface area contributed by atoms with Crippen LogP contribution in [0.4, 0.5) is 4.39 Å². The Bertz CT molecular complexity index is 539. The minimum absolute atomic E-state index is 0.0274. The third-order valence-corrected chi connectivity index (χ3v) is 5.26. The van der Waals surface area contributed by atoms with Crippen molar-refractivity contribution in [2.75, 3.05) is 20.1 Å². The first kappa shape index (κ1) is 13.5. The van der Waals surface area contributed by atoms with Gasteiger partial charge in [0.15, 0.2) is 0 Å². The zero-order valence-electron chi connectivity index (χ0n) is 10.5. The molecule has 0 radical (unpaired) electrons. The summed E-state index contributed by atoms with van der Waals surface area (Å²) < 4.78 is 39.3. The molecule has 1 aromatic rings. The van der Waals surface area contributed by atoms with E-state index in [0.717, 1.165) is 13.0 Å². The molecule has 1 aliphatic heterocycles. The average molecular weight is 272 g/mol. The van der Waals surface area contributed by atoms with Gasteiger partial charge in [0.05, 0.1) is 4.90 Å². The summed E-state index contributed by atoms with van der Waals surface area (Å²) in [5, 5.41) is 3.13. The quantitative estimate of drug-likeness (QED) is 0.897. The fourth-order valence-electron chi connectivity index (χ4n) is 2.09. The maximum absolute atomic E-state index is 13.2. The fraction of sp³-hybridized carbons (Fsp3) is 0.500. The molecule has 0 bridgehead atoms. The van der Waals surface area contributed by atoms with Crippen LogP contribution >= 0.6 is 0 Å². The molecule has 18 heavy (non-hydrogen) atoms. The summed E-state index contributed by atoms with van der Waals surface area (Å²) >= 11 is 0. The Morgan fingerprint density at radius 1 is 1.44 bits per heavy atom. The van der Waals surface area contributed by atoms with E-state index < -0.39 is 10.0 Å². The predicted octanol–water partition coefficient (Wildman–Crippen LogP) is 1.12. The van der Waals surface area contributed by atoms with E-state index in [1.807, 2.05) is 0 Å². The van der Waals surface area contributed by atoms with E-state index in [1.54, 1.807) is 14.0 Å². The number of nitrogens with zero attached hydrogens (tertiary/aromatic N) is 1. The van der Waals surface area contributed by atoms with Gasteiger partial charge in [0, 0.05) is 19.6 Å². The van der Waals surface area contributed by atoms with Crippen LogP contribution in [0.15, 0.2) is 23.1 Å². The normalized spacial score (nSPS) is 20.6. The highest BCUT2D eigenvalue weighted by atomic mass is 32.2. The number of rotatable bonds is 3. The number of nitrogens with one attached hydrogen (secondary N) is 1. The first-order valence-corrected chi connectivity index (χ1v) is 7.32. The minimum atomic E-state index is -3.53. The molecule has 100 valence electrons. The van der Waals surface area contributed by atoms with Crippen molar-refractivity contribution in [1.82, 2.24) is 9.62 Å². The molecule has 0 aromatic heterocycles. The third kappa shape index (κ3) is 2.41. The van der Waals surface area contributed by atoms with Gasteiger partial charge in [0.2, 0.25) is 10.0 Å². The van der Waals surface area contributed by atoms with E-state index in [4.69, 9.17) is 0 Å². The van der Waals surface area contributed by atoms with E-state index in [1.165, 1.54) is 22.5 Å². The lowest BCUT2D eigenvalue weighted by Crippen LogP contribution is -2.38. The van der Waals surface area contributed by atoms with Gasteiger partial charge in [-0.15, -0.1) is 0 Å². The highest BCUT2D eigenvalue weighted by Crippen LogP contribution is 2.21. The first-order chi connectivity index (χ1) is 8.43. The van der Waals surface area contributed by atoms with Crippen LogP contribution in [0, 0.1) is 12.7 Å². The number of sulfonamides is 1. The number of benzene rings is 1. The van der Waals surface area contributed by atoms with Gasteiger partial charge in [-0.25, -0.2) is 12.8 Å². The summed E-state index contributed by atoms with van der Waals surface area (Å²) in [5.41, 5.74) is 0.342. The van der Waals surface area contributed by atoms with Gasteiger partial charge in [-0.2, -0.15) is 4.31 Å². The summed E-state index contributed by atoms with van der Waals surface area (Å²) in [4.78, 5) is 0.149. The Labute approximate surface area is 107 Å². The minimum Gasteiger partial charge on any atom is -0.315 e. The van der Waals surface area contributed by atoms with Crippen molar-refractivity contribution in [1.29, 1.82) is 0 Å². The van der Waals surface area contributed by atoms with Crippen LogP contribution in [-0.4, -0.2) is 38.9 Å². The molecule has 0 spiro atoms. The van der Waals surface area contributed by atoms with Crippen molar-refractivity contribution < 1.29 is 12.8 Å². The van der Waals surface area contributed by atoms with E-state index in [9.17, 15) is 12.8 Å². The molecule has 1 unspecified atom stereocenters. The van der Waals surface area contributed by atoms with Crippen molar-refractivity contribution in [3.63, 3.8) is 0 Å². The Balaban J connectivity index is 2.32. The van der Waals surface area contributed by atoms with Crippen LogP contribution in [-0.2, 0) is 10.0 Å². The molecular weight excluding hydrogens is 255 g/mol. The zero-order chi connectivity index (χ0) is 13.3. The Kier molecular flexibility index (Phi) is 3.70. The second-order valence-corrected chi connectivity index (χ2v) is 6.58. The van der Waals surface area contributed by atoms with Crippen LogP contribution in [0.1, 0.15) is 12.0 Å². The average Bonchev–Trinajstić information content (AvgIpc) is 2.85. The van der Waals surface area contributed by atoms with E-state index in [0.29, 0.717) is 12.1 Å². The van der Waals surface area contributed by atoms with Crippen molar-refractivity contribution in [3.05, 3.63) is 29.6 Å². The maximum Gasteiger partial charge on any atom is 0.243 e. The predicted molar refractivity (Wildman–Crippen MR) is 67.4 cm³/mol. The first-order valence-electron chi connectivity index (χ1n) is 5.88.